The molecule has 9 heteroatoms. The summed E-state index contributed by atoms with van der Waals surface area (Å²) in [6, 6.07) is 7.02. The summed E-state index contributed by atoms with van der Waals surface area (Å²) in [5.74, 6) is -1.72. The molecule has 0 spiro atoms. The van der Waals surface area contributed by atoms with Crippen molar-refractivity contribution in [3.05, 3.63) is 58.9 Å². The molecule has 2 aromatic carbocycles. The minimum absolute atomic E-state index is 0.0551. The van der Waals surface area contributed by atoms with Crippen LogP contribution >= 0.6 is 0 Å². The van der Waals surface area contributed by atoms with Gasteiger partial charge in [-0.3, -0.25) is 14.4 Å². The zero-order chi connectivity index (χ0) is 21.6. The molecule has 0 aliphatic rings. The molecule has 0 fully saturated rings. The van der Waals surface area contributed by atoms with Gasteiger partial charge in [0.15, 0.2) is 0 Å². The number of primary amides is 2. The van der Waals surface area contributed by atoms with Crippen molar-refractivity contribution < 1.29 is 24.6 Å². The molecule has 2 unspecified atom stereocenters. The van der Waals surface area contributed by atoms with Crippen molar-refractivity contribution in [2.45, 2.75) is 24.9 Å². The maximum absolute atomic E-state index is 11.5. The van der Waals surface area contributed by atoms with E-state index in [1.807, 2.05) is 0 Å². The first kappa shape index (κ1) is 21.2. The average molecular weight is 396 g/mol. The fraction of sp³-hybridized carbons (Fsp3) is 0.200. The topological polar surface area (TPSA) is 160 Å². The second-order valence-electron chi connectivity index (χ2n) is 6.40. The van der Waals surface area contributed by atoms with E-state index in [0.29, 0.717) is 17.5 Å². The van der Waals surface area contributed by atoms with E-state index in [2.05, 4.69) is 10.2 Å². The third-order valence-corrected chi connectivity index (χ3v) is 4.38. The molecule has 7 N–H and O–H groups in total. The van der Waals surface area contributed by atoms with Crippen molar-refractivity contribution in [3.8, 4) is 22.6 Å². The lowest BCUT2D eigenvalue weighted by Crippen LogP contribution is -2.42. The highest BCUT2D eigenvalue weighted by Crippen LogP contribution is 2.37. The van der Waals surface area contributed by atoms with E-state index in [1.165, 1.54) is 12.1 Å². The first-order chi connectivity index (χ1) is 13.8. The lowest BCUT2D eigenvalue weighted by Gasteiger charge is -2.15. The molecule has 2 rings (SSSR count). The molecule has 3 amide bonds. The van der Waals surface area contributed by atoms with Gasteiger partial charge < -0.3 is 31.8 Å². The van der Waals surface area contributed by atoms with E-state index in [1.54, 1.807) is 24.3 Å². The van der Waals surface area contributed by atoms with Crippen molar-refractivity contribution >= 4 is 18.2 Å². The van der Waals surface area contributed by atoms with Crippen LogP contribution in [0, 0.1) is 6.57 Å². The van der Waals surface area contributed by atoms with Crippen LogP contribution in [-0.4, -0.2) is 40.5 Å². The van der Waals surface area contributed by atoms with E-state index in [9.17, 15) is 24.6 Å². The lowest BCUT2D eigenvalue weighted by molar-refractivity contribution is -0.122. The smallest absolute Gasteiger partial charge is 0.304 e. The standard InChI is InChI=1S/C20H20N4O5/c1-23-15(19(21)28)8-11-2-4-17(26)13(6-11)14-7-12(3-5-18(14)27)9-16(20(22)29)24-10-25/h2-7,10,15-16,26-27H,8-9H2,(H2,21,28)(H2,22,29)(H,24,25). The van der Waals surface area contributed by atoms with E-state index in [0.717, 1.165) is 0 Å². The normalized spacial score (nSPS) is 12.4. The minimum Gasteiger partial charge on any atom is -0.507 e. The Hall–Kier alpha value is -4.06. The van der Waals surface area contributed by atoms with Crippen LogP contribution in [0.1, 0.15) is 11.1 Å². The van der Waals surface area contributed by atoms with Gasteiger partial charge >= 0.3 is 11.9 Å². The maximum atomic E-state index is 11.5. The number of rotatable bonds is 9. The lowest BCUT2D eigenvalue weighted by atomic mass is 9.95. The van der Waals surface area contributed by atoms with E-state index in [4.69, 9.17) is 18.0 Å². The van der Waals surface area contributed by atoms with Crippen molar-refractivity contribution in [3.63, 3.8) is 0 Å². The zero-order valence-corrected chi connectivity index (χ0v) is 15.3. The molecule has 0 radical (unpaired) electrons. The molecule has 2 atom stereocenters. The Morgan fingerprint density at radius 1 is 1.00 bits per heavy atom. The highest BCUT2D eigenvalue weighted by Gasteiger charge is 2.22. The summed E-state index contributed by atoms with van der Waals surface area (Å²) in [6.45, 7) is 7.06. The Morgan fingerprint density at radius 2 is 1.52 bits per heavy atom. The van der Waals surface area contributed by atoms with Gasteiger partial charge in [-0.1, -0.05) is 12.1 Å². The van der Waals surface area contributed by atoms with Crippen LogP contribution in [0.4, 0.5) is 0 Å². The predicted octanol–water partition coefficient (Wildman–Crippen LogP) is 0.223. The molecule has 0 aliphatic heterocycles. The monoisotopic (exact) mass is 396 g/mol. The Bertz CT molecular complexity index is 983. The average Bonchev–Trinajstić information content (AvgIpc) is 2.68. The maximum Gasteiger partial charge on any atom is 0.304 e. The van der Waals surface area contributed by atoms with Crippen LogP contribution in [0.25, 0.3) is 16.0 Å². The third-order valence-electron chi connectivity index (χ3n) is 4.38. The fourth-order valence-corrected chi connectivity index (χ4v) is 2.84. The van der Waals surface area contributed by atoms with Gasteiger partial charge in [-0.05, 0) is 35.4 Å². The molecule has 0 saturated heterocycles. The van der Waals surface area contributed by atoms with Crippen LogP contribution in [-0.2, 0) is 27.2 Å². The molecule has 150 valence electrons. The van der Waals surface area contributed by atoms with Gasteiger partial charge in [0.25, 0.3) is 0 Å². The van der Waals surface area contributed by atoms with Crippen molar-refractivity contribution in [1.82, 2.24) is 5.32 Å². The van der Waals surface area contributed by atoms with Crippen LogP contribution in [0.15, 0.2) is 36.4 Å². The molecule has 0 aliphatic carbocycles. The first-order valence-electron chi connectivity index (χ1n) is 8.55. The number of phenols is 2. The Kier molecular flexibility index (Phi) is 6.76. The van der Waals surface area contributed by atoms with Crippen molar-refractivity contribution in [1.29, 1.82) is 0 Å². The van der Waals surface area contributed by atoms with Crippen LogP contribution < -0.4 is 16.8 Å². The summed E-state index contributed by atoms with van der Waals surface area (Å²) in [5, 5.41) is 22.9. The van der Waals surface area contributed by atoms with Crippen LogP contribution in [0.3, 0.4) is 0 Å². The van der Waals surface area contributed by atoms with Crippen LogP contribution in [0.2, 0.25) is 0 Å². The second kappa shape index (κ2) is 9.23. The fourth-order valence-electron chi connectivity index (χ4n) is 2.84. The van der Waals surface area contributed by atoms with E-state index in [-0.39, 0.29) is 35.5 Å². The molecule has 29 heavy (non-hydrogen) atoms. The summed E-state index contributed by atoms with van der Waals surface area (Å²) in [5.41, 5.74) is 12.2. The van der Waals surface area contributed by atoms with Crippen LogP contribution in [0.5, 0.6) is 11.5 Å². The summed E-state index contributed by atoms with van der Waals surface area (Å²) < 4.78 is 0. The van der Waals surface area contributed by atoms with Crippen molar-refractivity contribution in [2.75, 3.05) is 0 Å². The van der Waals surface area contributed by atoms with Gasteiger partial charge in [-0.15, -0.1) is 0 Å². The summed E-state index contributed by atoms with van der Waals surface area (Å²) in [4.78, 5) is 36.6. The number of carbonyl (C=O) groups is 3. The number of hydrogen-bond donors (Lipinski definition) is 5. The quantitative estimate of drug-likeness (QED) is 0.302. The Balaban J connectivity index is 2.42. The largest absolute Gasteiger partial charge is 0.507 e. The van der Waals surface area contributed by atoms with E-state index < -0.39 is 23.9 Å². The molecule has 2 aromatic rings. The molecular formula is C20H20N4O5. The van der Waals surface area contributed by atoms with Gasteiger partial charge in [-0.25, -0.2) is 6.57 Å². The minimum atomic E-state index is -1.04. The number of benzene rings is 2. The summed E-state index contributed by atoms with van der Waals surface area (Å²) >= 11 is 0. The summed E-state index contributed by atoms with van der Waals surface area (Å²) in [6.07, 6.45) is 0.515. The predicted molar refractivity (Wildman–Crippen MR) is 104 cm³/mol. The SMILES string of the molecule is [C-]#[N+]C(Cc1ccc(O)c(-c2cc(CC(NC=O)C(N)=O)ccc2O)c1)C(N)=O. The van der Waals surface area contributed by atoms with Gasteiger partial charge in [0.1, 0.15) is 17.5 Å². The van der Waals surface area contributed by atoms with Gasteiger partial charge in [0.05, 0.1) is 6.42 Å². The zero-order valence-electron chi connectivity index (χ0n) is 15.3. The Morgan fingerprint density at radius 3 is 1.93 bits per heavy atom. The van der Waals surface area contributed by atoms with Gasteiger partial charge in [-0.2, -0.15) is 0 Å². The molecule has 0 bridgehead atoms. The van der Waals surface area contributed by atoms with Gasteiger partial charge in [0.2, 0.25) is 12.3 Å². The number of amides is 3. The molecule has 0 saturated carbocycles. The molecule has 9 nitrogen and oxygen atoms in total. The molecule has 0 aromatic heterocycles. The first-order valence-corrected chi connectivity index (χ1v) is 8.55. The number of hydrogen-bond acceptors (Lipinski definition) is 5. The molecular weight excluding hydrogens is 376 g/mol. The van der Waals surface area contributed by atoms with Crippen molar-refractivity contribution in [2.24, 2.45) is 11.5 Å². The number of nitrogens with one attached hydrogen (secondary N) is 1. The highest BCUT2D eigenvalue weighted by atomic mass is 16.3. The van der Waals surface area contributed by atoms with Gasteiger partial charge in [0, 0.05) is 17.5 Å². The number of aromatic hydroxyl groups is 2. The Labute approximate surface area is 166 Å². The second-order valence-corrected chi connectivity index (χ2v) is 6.40. The number of nitrogens with two attached hydrogens (primary N) is 2. The number of carbonyl (C=O) groups excluding carboxylic acids is 3. The molecule has 0 heterocycles. The highest BCUT2D eigenvalue weighted by molar-refractivity contribution is 5.83. The summed E-state index contributed by atoms with van der Waals surface area (Å²) in [7, 11) is 0. The number of phenolic OH excluding ortho intramolecular Hbond substituents is 2. The third kappa shape index (κ3) is 5.23. The van der Waals surface area contributed by atoms with E-state index >= 15 is 0 Å². The number of nitrogens with zero attached hydrogens (tertiary/aromatic N) is 1.